The van der Waals surface area contributed by atoms with Crippen LogP contribution in [0.2, 0.25) is 5.02 Å². The molecule has 0 fully saturated rings. The number of thioether (sulfide) groups is 1. The van der Waals surface area contributed by atoms with Gasteiger partial charge in [0.1, 0.15) is 0 Å². The second kappa shape index (κ2) is 9.02. The molecule has 2 aromatic rings. The fourth-order valence-corrected chi connectivity index (χ4v) is 5.12. The summed E-state index contributed by atoms with van der Waals surface area (Å²) in [5, 5.41) is 4.59. The number of carbonyl (C=O) groups excluding carboxylic acids is 1. The quantitative estimate of drug-likeness (QED) is 0.446. The Balaban J connectivity index is 1.77. The molecule has 3 rings (SSSR count). The lowest BCUT2D eigenvalue weighted by atomic mass is 9.88. The molecule has 1 N–H and O–H groups in total. The van der Waals surface area contributed by atoms with Gasteiger partial charge in [0, 0.05) is 22.1 Å². The number of benzene rings is 2. The van der Waals surface area contributed by atoms with Gasteiger partial charge in [0.2, 0.25) is 0 Å². The highest BCUT2D eigenvalue weighted by Crippen LogP contribution is 2.42. The van der Waals surface area contributed by atoms with Gasteiger partial charge in [-0.25, -0.2) is 0 Å². The molecule has 150 valence electrons. The third-order valence-electron chi connectivity index (χ3n) is 5.12. The molecule has 0 bridgehead atoms. The maximum absolute atomic E-state index is 12.4. The predicted molar refractivity (Wildman–Crippen MR) is 121 cm³/mol. The van der Waals surface area contributed by atoms with Crippen molar-refractivity contribution in [3.05, 3.63) is 63.7 Å². The number of halogens is 1. The first-order chi connectivity index (χ1) is 13.2. The van der Waals surface area contributed by atoms with Crippen LogP contribution in [0.4, 0.5) is 0 Å². The standard InChI is InChI=1S/C24H30ClNOS/c1-16(17-5-7-19(8-6-17)22(27)15-24(2,3)4)28-23-20-12-14-26-13-11-18(20)9-10-21(23)25/h5-10,16,26H,11-15H2,1-4H3/t16-/m0/s1. The lowest BCUT2D eigenvalue weighted by Crippen LogP contribution is -2.16. The van der Waals surface area contributed by atoms with Crippen molar-refractivity contribution in [1.29, 1.82) is 0 Å². The predicted octanol–water partition coefficient (Wildman–Crippen LogP) is 6.50. The van der Waals surface area contributed by atoms with E-state index in [1.165, 1.54) is 21.6 Å². The summed E-state index contributed by atoms with van der Waals surface area (Å²) in [6, 6.07) is 12.3. The zero-order valence-electron chi connectivity index (χ0n) is 17.3. The van der Waals surface area contributed by atoms with Crippen molar-refractivity contribution >= 4 is 29.1 Å². The van der Waals surface area contributed by atoms with Gasteiger partial charge in [-0.15, -0.1) is 11.8 Å². The molecular formula is C24H30ClNOS. The highest BCUT2D eigenvalue weighted by atomic mass is 35.5. The van der Waals surface area contributed by atoms with Crippen LogP contribution in [-0.2, 0) is 12.8 Å². The Hall–Kier alpha value is -1.29. The molecule has 0 aromatic heterocycles. The minimum atomic E-state index is 0.00954. The van der Waals surface area contributed by atoms with Crippen molar-refractivity contribution in [3.8, 4) is 0 Å². The van der Waals surface area contributed by atoms with Crippen molar-refractivity contribution in [3.63, 3.8) is 0 Å². The number of hydrogen-bond donors (Lipinski definition) is 1. The second-order valence-electron chi connectivity index (χ2n) is 8.81. The van der Waals surface area contributed by atoms with Gasteiger partial charge in [-0.3, -0.25) is 4.79 Å². The molecule has 2 nitrogen and oxygen atoms in total. The Kier molecular flexibility index (Phi) is 6.90. The van der Waals surface area contributed by atoms with E-state index in [1.54, 1.807) is 0 Å². The lowest BCUT2D eigenvalue weighted by Gasteiger charge is -2.19. The summed E-state index contributed by atoms with van der Waals surface area (Å²) in [5.41, 5.74) is 4.83. The third kappa shape index (κ3) is 5.40. The number of ketones is 1. The minimum absolute atomic E-state index is 0.00954. The van der Waals surface area contributed by atoms with E-state index in [1.807, 2.05) is 30.0 Å². The summed E-state index contributed by atoms with van der Waals surface area (Å²) < 4.78 is 0. The van der Waals surface area contributed by atoms with E-state index in [0.717, 1.165) is 36.5 Å². The van der Waals surface area contributed by atoms with E-state index in [0.29, 0.717) is 6.42 Å². The summed E-state index contributed by atoms with van der Waals surface area (Å²) in [6.45, 7) is 10.5. The second-order valence-corrected chi connectivity index (χ2v) is 10.6. The molecule has 1 aliphatic rings. The van der Waals surface area contributed by atoms with Crippen molar-refractivity contribution in [2.45, 2.75) is 57.1 Å². The molecule has 28 heavy (non-hydrogen) atoms. The Morgan fingerprint density at radius 3 is 2.46 bits per heavy atom. The third-order valence-corrected chi connectivity index (χ3v) is 6.87. The maximum atomic E-state index is 12.4. The molecule has 0 unspecified atom stereocenters. The molecule has 0 aliphatic carbocycles. The van der Waals surface area contributed by atoms with E-state index in [4.69, 9.17) is 11.6 Å². The van der Waals surface area contributed by atoms with Crippen LogP contribution < -0.4 is 5.32 Å². The zero-order valence-corrected chi connectivity index (χ0v) is 18.8. The fraction of sp³-hybridized carbons (Fsp3) is 0.458. The fourth-order valence-electron chi connectivity index (χ4n) is 3.61. The average molecular weight is 416 g/mol. The zero-order chi connectivity index (χ0) is 20.3. The molecular weight excluding hydrogens is 386 g/mol. The van der Waals surface area contributed by atoms with E-state index < -0.39 is 0 Å². The molecule has 4 heteroatoms. The summed E-state index contributed by atoms with van der Waals surface area (Å²) in [4.78, 5) is 13.7. The molecule has 0 amide bonds. The Morgan fingerprint density at radius 2 is 1.79 bits per heavy atom. The number of rotatable bonds is 5. The van der Waals surface area contributed by atoms with Crippen LogP contribution in [0.1, 0.15) is 66.4 Å². The van der Waals surface area contributed by atoms with Gasteiger partial charge in [-0.2, -0.15) is 0 Å². The first-order valence-electron chi connectivity index (χ1n) is 10.1. The van der Waals surface area contributed by atoms with Gasteiger partial charge < -0.3 is 5.32 Å². The van der Waals surface area contributed by atoms with Crippen molar-refractivity contribution < 1.29 is 4.79 Å². The monoisotopic (exact) mass is 415 g/mol. The average Bonchev–Trinajstić information content (AvgIpc) is 2.88. The van der Waals surface area contributed by atoms with E-state index >= 15 is 0 Å². The number of hydrogen-bond acceptors (Lipinski definition) is 3. The number of nitrogens with one attached hydrogen (secondary N) is 1. The van der Waals surface area contributed by atoms with Gasteiger partial charge in [0.25, 0.3) is 0 Å². The largest absolute Gasteiger partial charge is 0.316 e. The molecule has 0 saturated carbocycles. The number of Topliss-reactive ketones (excluding diaryl/α,β-unsaturated/α-hetero) is 1. The maximum Gasteiger partial charge on any atom is 0.163 e. The normalized spacial score (nSPS) is 15.6. The molecule has 2 aromatic carbocycles. The summed E-state index contributed by atoms with van der Waals surface area (Å²) in [5.74, 6) is 0.211. The molecule has 1 atom stereocenters. The van der Waals surface area contributed by atoms with Gasteiger partial charge in [0.15, 0.2) is 5.78 Å². The van der Waals surface area contributed by atoms with E-state index in [2.05, 4.69) is 51.2 Å². The molecule has 0 saturated heterocycles. The highest BCUT2D eigenvalue weighted by molar-refractivity contribution is 7.99. The highest BCUT2D eigenvalue weighted by Gasteiger charge is 2.20. The Morgan fingerprint density at radius 1 is 1.11 bits per heavy atom. The van der Waals surface area contributed by atoms with Crippen LogP contribution in [0.25, 0.3) is 0 Å². The van der Waals surface area contributed by atoms with Gasteiger partial charge in [0.05, 0.1) is 5.02 Å². The van der Waals surface area contributed by atoms with E-state index in [-0.39, 0.29) is 16.4 Å². The molecule has 0 radical (unpaired) electrons. The van der Waals surface area contributed by atoms with E-state index in [9.17, 15) is 4.79 Å². The summed E-state index contributed by atoms with van der Waals surface area (Å²) >= 11 is 8.42. The first kappa shape index (κ1) is 21.4. The SMILES string of the molecule is C[C@H](Sc1c(Cl)ccc2c1CCNCC2)c1ccc(C(=O)CC(C)(C)C)cc1. The Bertz CT molecular complexity index is 839. The van der Waals surface area contributed by atoms with Crippen LogP contribution in [-0.4, -0.2) is 18.9 Å². The van der Waals surface area contributed by atoms with Gasteiger partial charge >= 0.3 is 0 Å². The Labute approximate surface area is 178 Å². The van der Waals surface area contributed by atoms with Gasteiger partial charge in [-0.05, 0) is 61.0 Å². The van der Waals surface area contributed by atoms with Crippen LogP contribution in [0.3, 0.4) is 0 Å². The van der Waals surface area contributed by atoms with Crippen LogP contribution in [0.15, 0.2) is 41.3 Å². The lowest BCUT2D eigenvalue weighted by molar-refractivity contribution is 0.0940. The van der Waals surface area contributed by atoms with Crippen LogP contribution >= 0.6 is 23.4 Å². The van der Waals surface area contributed by atoms with Crippen molar-refractivity contribution in [2.24, 2.45) is 5.41 Å². The van der Waals surface area contributed by atoms with Crippen LogP contribution in [0.5, 0.6) is 0 Å². The number of carbonyl (C=O) groups is 1. The topological polar surface area (TPSA) is 29.1 Å². The summed E-state index contributed by atoms with van der Waals surface area (Å²) in [6.07, 6.45) is 2.64. The molecule has 1 aliphatic heterocycles. The summed E-state index contributed by atoms with van der Waals surface area (Å²) in [7, 11) is 0. The number of fused-ring (bicyclic) bond motifs is 1. The smallest absolute Gasteiger partial charge is 0.163 e. The first-order valence-corrected chi connectivity index (χ1v) is 11.3. The minimum Gasteiger partial charge on any atom is -0.316 e. The van der Waals surface area contributed by atoms with Gasteiger partial charge in [-0.1, -0.05) is 62.7 Å². The van der Waals surface area contributed by atoms with Crippen molar-refractivity contribution in [1.82, 2.24) is 5.32 Å². The molecule has 0 spiro atoms. The van der Waals surface area contributed by atoms with Crippen molar-refractivity contribution in [2.75, 3.05) is 13.1 Å². The van der Waals surface area contributed by atoms with Crippen LogP contribution in [0, 0.1) is 5.41 Å². The molecule has 1 heterocycles.